The topological polar surface area (TPSA) is 53.4 Å². The van der Waals surface area contributed by atoms with Crippen molar-refractivity contribution in [2.45, 2.75) is 25.7 Å². The maximum Gasteiger partial charge on any atom is 0.265 e. The fraction of sp³-hybridized carbons (Fsp3) is 0.300. The van der Waals surface area contributed by atoms with Gasteiger partial charge in [-0.15, -0.1) is 11.3 Å². The van der Waals surface area contributed by atoms with Crippen molar-refractivity contribution in [3.05, 3.63) is 57.2 Å². The monoisotopic (exact) mass is 384 g/mol. The van der Waals surface area contributed by atoms with E-state index in [0.29, 0.717) is 11.7 Å². The van der Waals surface area contributed by atoms with E-state index in [0.717, 1.165) is 47.1 Å². The Kier molecular flexibility index (Phi) is 4.78. The Hall–Kier alpha value is -2.18. The second-order valence-corrected chi connectivity index (χ2v) is 8.38. The first-order chi connectivity index (χ1) is 12.6. The van der Waals surface area contributed by atoms with Crippen LogP contribution >= 0.6 is 22.7 Å². The lowest BCUT2D eigenvalue weighted by Gasteiger charge is -2.32. The van der Waals surface area contributed by atoms with E-state index >= 15 is 0 Å². The van der Waals surface area contributed by atoms with Gasteiger partial charge < -0.3 is 10.0 Å². The molecule has 3 heterocycles. The van der Waals surface area contributed by atoms with Crippen molar-refractivity contribution in [3.8, 4) is 16.3 Å². The summed E-state index contributed by atoms with van der Waals surface area (Å²) in [4.78, 5) is 20.3. The molecule has 26 heavy (non-hydrogen) atoms. The molecule has 0 spiro atoms. The smallest absolute Gasteiger partial charge is 0.265 e. The van der Waals surface area contributed by atoms with Gasteiger partial charge in [0.05, 0.1) is 5.69 Å². The van der Waals surface area contributed by atoms with E-state index in [9.17, 15) is 9.90 Å². The van der Waals surface area contributed by atoms with Gasteiger partial charge in [-0.3, -0.25) is 4.79 Å². The number of aromatic hydroxyl groups is 1. The van der Waals surface area contributed by atoms with Crippen LogP contribution in [0.15, 0.2) is 41.1 Å². The Bertz CT molecular complexity index is 893. The van der Waals surface area contributed by atoms with Crippen LogP contribution in [0.25, 0.3) is 10.6 Å². The molecule has 4 nitrogen and oxygen atoms in total. The number of thiazole rings is 1. The van der Waals surface area contributed by atoms with E-state index in [1.54, 1.807) is 23.5 Å². The van der Waals surface area contributed by atoms with Crippen molar-refractivity contribution in [1.29, 1.82) is 0 Å². The molecule has 1 aromatic carbocycles. The normalized spacial score (nSPS) is 15.3. The number of amides is 1. The maximum absolute atomic E-state index is 13.0. The van der Waals surface area contributed by atoms with Crippen molar-refractivity contribution in [3.63, 3.8) is 0 Å². The Balaban J connectivity index is 1.44. The molecule has 1 N–H and O–H groups in total. The quantitative estimate of drug-likeness (QED) is 0.698. The van der Waals surface area contributed by atoms with Crippen LogP contribution in [0.4, 0.5) is 0 Å². The molecule has 6 heteroatoms. The molecule has 0 aliphatic carbocycles. The molecule has 0 radical (unpaired) electrons. The van der Waals surface area contributed by atoms with Gasteiger partial charge >= 0.3 is 0 Å². The largest absolute Gasteiger partial charge is 0.508 e. The fourth-order valence-corrected chi connectivity index (χ4v) is 5.16. The lowest BCUT2D eigenvalue weighted by molar-refractivity contribution is 0.0717. The third-order valence-corrected chi connectivity index (χ3v) is 6.78. The first-order valence-electron chi connectivity index (χ1n) is 8.70. The highest BCUT2D eigenvalue weighted by Crippen LogP contribution is 2.33. The molecule has 4 rings (SSSR count). The number of phenols is 1. The minimum absolute atomic E-state index is 0.102. The number of hydrogen-bond donors (Lipinski definition) is 1. The van der Waals surface area contributed by atoms with Gasteiger partial charge in [-0.2, -0.15) is 11.3 Å². The minimum atomic E-state index is 0.102. The number of carbonyl (C=O) groups excluding carboxylic acids is 1. The second kappa shape index (κ2) is 7.21. The fourth-order valence-electron chi connectivity index (χ4n) is 3.41. The number of aromatic nitrogens is 1. The first-order valence-corrected chi connectivity index (χ1v) is 10.5. The van der Waals surface area contributed by atoms with Gasteiger partial charge in [0.15, 0.2) is 0 Å². The zero-order chi connectivity index (χ0) is 18.1. The van der Waals surface area contributed by atoms with Crippen LogP contribution in [0, 0.1) is 6.92 Å². The van der Waals surface area contributed by atoms with Crippen LogP contribution in [0.3, 0.4) is 0 Å². The van der Waals surface area contributed by atoms with Crippen LogP contribution in [-0.4, -0.2) is 34.0 Å². The van der Waals surface area contributed by atoms with Gasteiger partial charge in [0.2, 0.25) is 0 Å². The minimum Gasteiger partial charge on any atom is -0.508 e. The first kappa shape index (κ1) is 17.2. The predicted molar refractivity (Wildman–Crippen MR) is 106 cm³/mol. The van der Waals surface area contributed by atoms with E-state index in [2.05, 4.69) is 10.4 Å². The Morgan fingerprint density at radius 2 is 1.92 bits per heavy atom. The molecule has 0 atom stereocenters. The van der Waals surface area contributed by atoms with Crippen LogP contribution in [0.1, 0.15) is 39.7 Å². The molecule has 134 valence electrons. The Morgan fingerprint density at radius 3 is 2.58 bits per heavy atom. The van der Waals surface area contributed by atoms with Crippen molar-refractivity contribution in [2.75, 3.05) is 13.1 Å². The lowest BCUT2D eigenvalue weighted by Crippen LogP contribution is -2.37. The SMILES string of the molecule is Cc1nc(-c2ccsc2)sc1C(=O)N1CCC(c2ccc(O)cc2)CC1. The molecule has 0 bridgehead atoms. The molecule has 1 fully saturated rings. The predicted octanol–water partition coefficient (Wildman–Crippen LogP) is 4.91. The van der Waals surface area contributed by atoms with Gasteiger partial charge in [0, 0.05) is 24.0 Å². The van der Waals surface area contributed by atoms with Crippen LogP contribution < -0.4 is 0 Å². The lowest BCUT2D eigenvalue weighted by atomic mass is 9.89. The molecular formula is C20H20N2O2S2. The standard InChI is InChI=1S/C20H20N2O2S2/c1-13-18(26-19(21-13)16-8-11-25-12-16)20(24)22-9-6-15(7-10-22)14-2-4-17(23)5-3-14/h2-5,8,11-12,15,23H,6-7,9-10H2,1H3. The maximum atomic E-state index is 13.0. The number of thiophene rings is 1. The summed E-state index contributed by atoms with van der Waals surface area (Å²) >= 11 is 3.13. The van der Waals surface area contributed by atoms with E-state index in [1.165, 1.54) is 16.9 Å². The number of nitrogens with zero attached hydrogens (tertiary/aromatic N) is 2. The number of aryl methyl sites for hydroxylation is 1. The average molecular weight is 385 g/mol. The van der Waals surface area contributed by atoms with Gasteiger partial charge in [-0.25, -0.2) is 4.98 Å². The van der Waals surface area contributed by atoms with E-state index in [-0.39, 0.29) is 5.91 Å². The van der Waals surface area contributed by atoms with Crippen LogP contribution in [0.5, 0.6) is 5.75 Å². The Labute approximate surface area is 160 Å². The summed E-state index contributed by atoms with van der Waals surface area (Å²) in [6.07, 6.45) is 1.90. The molecule has 0 saturated carbocycles. The van der Waals surface area contributed by atoms with Gasteiger partial charge in [0.25, 0.3) is 5.91 Å². The summed E-state index contributed by atoms with van der Waals surface area (Å²) < 4.78 is 0. The zero-order valence-electron chi connectivity index (χ0n) is 14.5. The molecule has 2 aromatic heterocycles. The summed E-state index contributed by atoms with van der Waals surface area (Å²) in [7, 11) is 0. The third-order valence-electron chi connectivity index (χ3n) is 4.91. The molecule has 1 saturated heterocycles. The van der Waals surface area contributed by atoms with Crippen molar-refractivity contribution < 1.29 is 9.90 Å². The van der Waals surface area contributed by atoms with E-state index < -0.39 is 0 Å². The number of hydrogen-bond acceptors (Lipinski definition) is 5. The molecular weight excluding hydrogens is 364 g/mol. The average Bonchev–Trinajstić information content (AvgIpc) is 3.31. The summed E-state index contributed by atoms with van der Waals surface area (Å²) in [5.74, 6) is 0.845. The number of piperidine rings is 1. The highest BCUT2D eigenvalue weighted by atomic mass is 32.1. The van der Waals surface area contributed by atoms with Gasteiger partial charge in [-0.1, -0.05) is 12.1 Å². The van der Waals surface area contributed by atoms with Crippen molar-refractivity contribution >= 4 is 28.6 Å². The molecule has 1 amide bonds. The second-order valence-electron chi connectivity index (χ2n) is 6.60. The summed E-state index contributed by atoms with van der Waals surface area (Å²) in [5.41, 5.74) is 3.15. The summed E-state index contributed by atoms with van der Waals surface area (Å²) in [6, 6.07) is 9.48. The zero-order valence-corrected chi connectivity index (χ0v) is 16.1. The van der Waals surface area contributed by atoms with E-state index in [1.807, 2.05) is 35.4 Å². The van der Waals surface area contributed by atoms with Gasteiger partial charge in [0.1, 0.15) is 15.6 Å². The number of benzene rings is 1. The van der Waals surface area contributed by atoms with Crippen LogP contribution in [0.2, 0.25) is 0 Å². The highest BCUT2D eigenvalue weighted by Gasteiger charge is 2.27. The highest BCUT2D eigenvalue weighted by molar-refractivity contribution is 7.17. The summed E-state index contributed by atoms with van der Waals surface area (Å²) in [6.45, 7) is 3.44. The number of rotatable bonds is 3. The Morgan fingerprint density at radius 1 is 1.19 bits per heavy atom. The molecule has 0 unspecified atom stereocenters. The molecule has 3 aromatic rings. The van der Waals surface area contributed by atoms with Crippen molar-refractivity contribution in [1.82, 2.24) is 9.88 Å². The molecule has 1 aliphatic heterocycles. The molecule has 1 aliphatic rings. The van der Waals surface area contributed by atoms with Crippen molar-refractivity contribution in [2.24, 2.45) is 0 Å². The summed E-state index contributed by atoms with van der Waals surface area (Å²) in [5, 5.41) is 14.5. The van der Waals surface area contributed by atoms with Gasteiger partial charge in [-0.05, 0) is 54.8 Å². The number of carbonyl (C=O) groups is 1. The van der Waals surface area contributed by atoms with E-state index in [4.69, 9.17) is 0 Å². The van der Waals surface area contributed by atoms with Crippen LogP contribution in [-0.2, 0) is 0 Å². The number of phenolic OH excluding ortho intramolecular Hbond substituents is 1. The third kappa shape index (κ3) is 3.39. The number of likely N-dealkylation sites (tertiary alicyclic amines) is 1.